The standard InChI is InChI=1S/C25H32ClN5O4S.2H2/c1-36(34,35)29-20-5-2-3-7-23(20)30-13-15-31(16-14-30)25(33)22(17-18-8-10-19(26)11-9-18)28-24(32)21-6-4-12-27-21;;/h2-3,5,7-11,21-22,27,29H,4,6,12-17H2,1H3,(H,28,32);2*1H/t21-,22-;;/m1../s1. The fourth-order valence-corrected chi connectivity index (χ4v) is 5.36. The van der Waals surface area contributed by atoms with E-state index in [0.717, 1.165) is 36.9 Å². The second-order valence-electron chi connectivity index (χ2n) is 9.24. The SMILES string of the molecule is CS(=O)(=O)Nc1ccccc1N1CCN(C(=O)[C@@H](Cc2ccc(Cl)cc2)NC(=O)[C@H]2CCCN2)CC1.[HH].[HH]. The highest BCUT2D eigenvalue weighted by Crippen LogP contribution is 2.27. The number of nitrogens with one attached hydrogen (secondary N) is 3. The third-order valence-electron chi connectivity index (χ3n) is 6.48. The van der Waals surface area contributed by atoms with Crippen LogP contribution in [0.5, 0.6) is 0 Å². The highest BCUT2D eigenvalue weighted by atomic mass is 35.5. The maximum absolute atomic E-state index is 13.6. The van der Waals surface area contributed by atoms with Crippen LogP contribution in [-0.4, -0.2) is 76.2 Å². The van der Waals surface area contributed by atoms with E-state index >= 15 is 0 Å². The van der Waals surface area contributed by atoms with Gasteiger partial charge in [-0.1, -0.05) is 35.9 Å². The first kappa shape index (κ1) is 26.2. The molecule has 0 spiro atoms. The van der Waals surface area contributed by atoms with E-state index in [4.69, 9.17) is 11.6 Å². The molecule has 2 saturated heterocycles. The number of halogens is 1. The molecule has 0 bridgehead atoms. The first-order chi connectivity index (χ1) is 17.2. The molecule has 4 rings (SSSR count). The summed E-state index contributed by atoms with van der Waals surface area (Å²) in [6.45, 7) is 2.80. The Bertz CT molecular complexity index is 1190. The van der Waals surface area contributed by atoms with Crippen molar-refractivity contribution in [3.8, 4) is 0 Å². The average molecular weight is 538 g/mol. The summed E-state index contributed by atoms with van der Waals surface area (Å²) >= 11 is 6.02. The number of piperazine rings is 1. The Morgan fingerprint density at radius 3 is 2.44 bits per heavy atom. The molecule has 9 nitrogen and oxygen atoms in total. The van der Waals surface area contributed by atoms with Gasteiger partial charge in [0.2, 0.25) is 21.8 Å². The fourth-order valence-electron chi connectivity index (χ4n) is 4.66. The lowest BCUT2D eigenvalue weighted by Gasteiger charge is -2.38. The minimum Gasteiger partial charge on any atom is -0.366 e. The molecule has 2 fully saturated rings. The second-order valence-corrected chi connectivity index (χ2v) is 11.4. The number of sulfonamides is 1. The molecule has 3 N–H and O–H groups in total. The summed E-state index contributed by atoms with van der Waals surface area (Å²) in [4.78, 5) is 30.3. The normalized spacial score (nSPS) is 19.1. The van der Waals surface area contributed by atoms with Crippen LogP contribution in [0.1, 0.15) is 21.3 Å². The van der Waals surface area contributed by atoms with Crippen molar-refractivity contribution in [2.45, 2.75) is 31.3 Å². The van der Waals surface area contributed by atoms with E-state index in [9.17, 15) is 18.0 Å². The minimum atomic E-state index is -3.42. The average Bonchev–Trinajstić information content (AvgIpc) is 3.39. The quantitative estimate of drug-likeness (QED) is 0.476. The lowest BCUT2D eigenvalue weighted by molar-refractivity contribution is -0.137. The van der Waals surface area contributed by atoms with Crippen molar-refractivity contribution in [3.63, 3.8) is 0 Å². The maximum atomic E-state index is 13.6. The van der Waals surface area contributed by atoms with E-state index in [2.05, 4.69) is 20.3 Å². The van der Waals surface area contributed by atoms with E-state index in [1.54, 1.807) is 29.2 Å². The summed E-state index contributed by atoms with van der Waals surface area (Å²) in [7, 11) is -3.42. The number of carbonyl (C=O) groups excluding carboxylic acids is 2. The Labute approximate surface area is 220 Å². The van der Waals surface area contributed by atoms with Crippen molar-refractivity contribution in [2.24, 2.45) is 0 Å². The van der Waals surface area contributed by atoms with Crippen molar-refractivity contribution in [3.05, 3.63) is 59.1 Å². The van der Waals surface area contributed by atoms with Gasteiger partial charge >= 0.3 is 0 Å². The van der Waals surface area contributed by atoms with Crippen molar-refractivity contribution in [1.29, 1.82) is 0 Å². The van der Waals surface area contributed by atoms with Gasteiger partial charge in [0.25, 0.3) is 0 Å². The van der Waals surface area contributed by atoms with Crippen LogP contribution in [0.15, 0.2) is 48.5 Å². The highest BCUT2D eigenvalue weighted by Gasteiger charge is 2.32. The van der Waals surface area contributed by atoms with Crippen LogP contribution in [0.3, 0.4) is 0 Å². The summed E-state index contributed by atoms with van der Waals surface area (Å²) in [5.74, 6) is -0.280. The van der Waals surface area contributed by atoms with Crippen LogP contribution in [0.4, 0.5) is 11.4 Å². The third kappa shape index (κ3) is 6.89. The largest absolute Gasteiger partial charge is 0.366 e. The highest BCUT2D eigenvalue weighted by molar-refractivity contribution is 7.92. The van der Waals surface area contributed by atoms with Gasteiger partial charge in [-0.3, -0.25) is 14.3 Å². The lowest BCUT2D eigenvalue weighted by Crippen LogP contribution is -2.57. The Morgan fingerprint density at radius 1 is 1.11 bits per heavy atom. The first-order valence-corrected chi connectivity index (χ1v) is 14.4. The molecule has 0 aliphatic carbocycles. The monoisotopic (exact) mass is 537 g/mol. The molecule has 0 saturated carbocycles. The van der Waals surface area contributed by atoms with Crippen LogP contribution < -0.4 is 20.3 Å². The van der Waals surface area contributed by atoms with E-state index in [0.29, 0.717) is 43.3 Å². The summed E-state index contributed by atoms with van der Waals surface area (Å²) in [6, 6.07) is 13.5. The van der Waals surface area contributed by atoms with Gasteiger partial charge in [-0.05, 0) is 49.2 Å². The van der Waals surface area contributed by atoms with Gasteiger partial charge in [0.15, 0.2) is 0 Å². The maximum Gasteiger partial charge on any atom is 0.245 e. The molecule has 11 heteroatoms. The van der Waals surface area contributed by atoms with E-state index < -0.39 is 16.1 Å². The van der Waals surface area contributed by atoms with Crippen LogP contribution in [0.2, 0.25) is 5.02 Å². The van der Waals surface area contributed by atoms with Crippen LogP contribution in [0, 0.1) is 0 Å². The number of rotatable bonds is 8. The van der Waals surface area contributed by atoms with Crippen LogP contribution >= 0.6 is 11.6 Å². The van der Waals surface area contributed by atoms with E-state index in [-0.39, 0.29) is 20.7 Å². The summed E-state index contributed by atoms with van der Waals surface area (Å²) < 4.78 is 26.1. The number of amides is 2. The van der Waals surface area contributed by atoms with E-state index in [1.165, 1.54) is 0 Å². The molecule has 0 unspecified atom stereocenters. The molecule has 2 heterocycles. The molecular weight excluding hydrogens is 502 g/mol. The molecule has 2 aromatic carbocycles. The zero-order chi connectivity index (χ0) is 25.7. The number of hydrogen-bond donors (Lipinski definition) is 3. The Balaban J connectivity index is 0.00000253. The molecule has 2 amide bonds. The Hall–Kier alpha value is -2.82. The number of hydrogen-bond acceptors (Lipinski definition) is 6. The molecule has 2 aliphatic heterocycles. The molecule has 2 aromatic rings. The van der Waals surface area contributed by atoms with Crippen molar-refractivity contribution < 1.29 is 20.9 Å². The van der Waals surface area contributed by atoms with Gasteiger partial charge in [0.05, 0.1) is 23.7 Å². The molecule has 0 aromatic heterocycles. The van der Waals surface area contributed by atoms with Gasteiger partial charge in [-0.15, -0.1) is 0 Å². The summed E-state index contributed by atoms with van der Waals surface area (Å²) in [5.41, 5.74) is 2.20. The second kappa shape index (κ2) is 11.5. The molecule has 2 aliphatic rings. The number of nitrogens with zero attached hydrogens (tertiary/aromatic N) is 2. The van der Waals surface area contributed by atoms with Crippen LogP contribution in [-0.2, 0) is 26.0 Å². The molecule has 198 valence electrons. The zero-order valence-corrected chi connectivity index (χ0v) is 21.8. The van der Waals surface area contributed by atoms with E-state index in [1.807, 2.05) is 24.3 Å². The van der Waals surface area contributed by atoms with Crippen molar-refractivity contribution in [2.75, 3.05) is 48.6 Å². The zero-order valence-electron chi connectivity index (χ0n) is 20.2. The predicted octanol–water partition coefficient (Wildman–Crippen LogP) is 2.33. The topological polar surface area (TPSA) is 111 Å². The van der Waals surface area contributed by atoms with Gasteiger partial charge in [-0.2, -0.15) is 0 Å². The number of anilines is 2. The Morgan fingerprint density at radius 2 is 1.81 bits per heavy atom. The minimum absolute atomic E-state index is 0. The van der Waals surface area contributed by atoms with Gasteiger partial charge in [0, 0.05) is 40.5 Å². The molecule has 36 heavy (non-hydrogen) atoms. The van der Waals surface area contributed by atoms with Crippen LogP contribution in [0.25, 0.3) is 0 Å². The van der Waals surface area contributed by atoms with Gasteiger partial charge < -0.3 is 20.4 Å². The predicted molar refractivity (Wildman–Crippen MR) is 146 cm³/mol. The number of benzene rings is 2. The van der Waals surface area contributed by atoms with Gasteiger partial charge in [0.1, 0.15) is 6.04 Å². The molecule has 2 atom stereocenters. The summed E-state index contributed by atoms with van der Waals surface area (Å²) in [5, 5.41) is 6.78. The van der Waals surface area contributed by atoms with Crippen molar-refractivity contribution >= 4 is 44.8 Å². The molecule has 0 radical (unpaired) electrons. The first-order valence-electron chi connectivity index (χ1n) is 12.1. The van der Waals surface area contributed by atoms with Gasteiger partial charge in [-0.25, -0.2) is 8.42 Å². The lowest BCUT2D eigenvalue weighted by atomic mass is 10.0. The Kier molecular flexibility index (Phi) is 8.38. The third-order valence-corrected chi connectivity index (χ3v) is 7.32. The smallest absolute Gasteiger partial charge is 0.245 e. The number of carbonyl (C=O) groups is 2. The fraction of sp³-hybridized carbons (Fsp3) is 0.440. The number of para-hydroxylation sites is 2. The molecular formula is C25H36ClN5O4S. The van der Waals surface area contributed by atoms with Crippen molar-refractivity contribution in [1.82, 2.24) is 15.5 Å². The summed E-state index contributed by atoms with van der Waals surface area (Å²) in [6.07, 6.45) is 3.19.